The quantitative estimate of drug-likeness (QED) is 0.626. The summed E-state index contributed by atoms with van der Waals surface area (Å²) in [5, 5.41) is 10.1. The summed E-state index contributed by atoms with van der Waals surface area (Å²) >= 11 is 5.58. The summed E-state index contributed by atoms with van der Waals surface area (Å²) in [6, 6.07) is 4.91. The minimum absolute atomic E-state index is 0.0338. The summed E-state index contributed by atoms with van der Waals surface area (Å²) < 4.78 is 0. The van der Waals surface area contributed by atoms with Gasteiger partial charge in [-0.05, 0) is 23.7 Å². The van der Waals surface area contributed by atoms with E-state index in [1.54, 1.807) is 12.1 Å². The van der Waals surface area contributed by atoms with Crippen LogP contribution in [0.5, 0.6) is 5.75 Å². The van der Waals surface area contributed by atoms with Crippen LogP contribution in [0.15, 0.2) is 18.2 Å². The highest BCUT2D eigenvalue weighted by Gasteiger charge is 2.06. The molecule has 1 aromatic carbocycles. The highest BCUT2D eigenvalue weighted by atomic mass is 35.5. The molecule has 0 saturated heterocycles. The van der Waals surface area contributed by atoms with Gasteiger partial charge in [-0.25, -0.2) is 9.97 Å². The van der Waals surface area contributed by atoms with Crippen LogP contribution in [0.4, 0.5) is 5.82 Å². The maximum Gasteiger partial charge on any atom is 0.225 e. The van der Waals surface area contributed by atoms with Crippen LogP contribution in [-0.4, -0.2) is 15.1 Å². The average Bonchev–Trinajstić information content (AvgIpc) is 2.07. The van der Waals surface area contributed by atoms with E-state index in [1.165, 1.54) is 6.07 Å². The molecule has 3 N–H and O–H groups in total. The number of benzene rings is 1. The van der Waals surface area contributed by atoms with E-state index in [4.69, 9.17) is 17.3 Å². The first-order chi connectivity index (χ1) is 6.18. The fourth-order valence-corrected chi connectivity index (χ4v) is 1.31. The number of nitrogen functional groups attached to an aromatic ring is 1. The molecule has 0 unspecified atom stereocenters. The minimum atomic E-state index is 0.0338. The van der Waals surface area contributed by atoms with Gasteiger partial charge in [0.05, 0.1) is 0 Å². The summed E-state index contributed by atoms with van der Waals surface area (Å²) in [6.07, 6.45) is 0. The lowest BCUT2D eigenvalue weighted by Crippen LogP contribution is -1.94. The van der Waals surface area contributed by atoms with Crippen molar-refractivity contribution in [3.63, 3.8) is 0 Å². The van der Waals surface area contributed by atoms with Crippen molar-refractivity contribution in [2.45, 2.75) is 0 Å². The number of halogens is 1. The predicted octanol–water partition coefficient (Wildman–Crippen LogP) is 1.57. The lowest BCUT2D eigenvalue weighted by molar-refractivity contribution is 0.480. The topological polar surface area (TPSA) is 72.0 Å². The standard InChI is InChI=1S/C8H6ClN3O/c9-8-11-6-4(7(10)12-8)2-1-3-5(6)13/h1-3,13H,(H2,10,11,12). The monoisotopic (exact) mass is 195 g/mol. The van der Waals surface area contributed by atoms with Gasteiger partial charge in [0, 0.05) is 5.39 Å². The van der Waals surface area contributed by atoms with Gasteiger partial charge in [0.2, 0.25) is 5.28 Å². The summed E-state index contributed by atoms with van der Waals surface area (Å²) in [7, 11) is 0. The van der Waals surface area contributed by atoms with E-state index in [9.17, 15) is 5.11 Å². The number of fused-ring (bicyclic) bond motifs is 1. The molecule has 0 aliphatic rings. The van der Waals surface area contributed by atoms with E-state index >= 15 is 0 Å². The van der Waals surface area contributed by atoms with Gasteiger partial charge in [0.25, 0.3) is 0 Å². The third kappa shape index (κ3) is 1.25. The van der Waals surface area contributed by atoms with Crippen LogP contribution in [-0.2, 0) is 0 Å². The number of aromatic nitrogens is 2. The molecule has 0 aliphatic carbocycles. The zero-order valence-electron chi connectivity index (χ0n) is 6.53. The first-order valence-electron chi connectivity index (χ1n) is 3.59. The van der Waals surface area contributed by atoms with Crippen LogP contribution in [0.3, 0.4) is 0 Å². The van der Waals surface area contributed by atoms with Crippen LogP contribution in [0.1, 0.15) is 0 Å². The molecule has 2 aromatic rings. The molecular formula is C8H6ClN3O. The van der Waals surface area contributed by atoms with Gasteiger partial charge >= 0.3 is 0 Å². The Hall–Kier alpha value is -1.55. The fraction of sp³-hybridized carbons (Fsp3) is 0. The number of hydrogen-bond donors (Lipinski definition) is 2. The molecule has 0 saturated carbocycles. The zero-order chi connectivity index (χ0) is 9.42. The van der Waals surface area contributed by atoms with Crippen molar-refractivity contribution in [3.8, 4) is 5.75 Å². The predicted molar refractivity (Wildman–Crippen MR) is 50.6 cm³/mol. The summed E-state index contributed by atoms with van der Waals surface area (Å²) in [5.74, 6) is 0.319. The van der Waals surface area contributed by atoms with Crippen molar-refractivity contribution >= 4 is 28.3 Å². The van der Waals surface area contributed by atoms with Gasteiger partial charge in [-0.2, -0.15) is 0 Å². The molecular weight excluding hydrogens is 190 g/mol. The van der Waals surface area contributed by atoms with Crippen LogP contribution in [0.25, 0.3) is 10.9 Å². The highest BCUT2D eigenvalue weighted by Crippen LogP contribution is 2.26. The van der Waals surface area contributed by atoms with Gasteiger partial charge in [0.1, 0.15) is 17.1 Å². The number of rotatable bonds is 0. The summed E-state index contributed by atoms with van der Waals surface area (Å²) in [5.41, 5.74) is 5.95. The number of nitrogens with zero attached hydrogens (tertiary/aromatic N) is 2. The van der Waals surface area contributed by atoms with Crippen LogP contribution in [0.2, 0.25) is 5.28 Å². The van der Waals surface area contributed by atoms with Gasteiger partial charge in [-0.3, -0.25) is 0 Å². The Labute approximate surface area is 79.0 Å². The summed E-state index contributed by atoms with van der Waals surface area (Å²) in [6.45, 7) is 0. The largest absolute Gasteiger partial charge is 0.506 e. The maximum absolute atomic E-state index is 9.42. The smallest absolute Gasteiger partial charge is 0.225 e. The SMILES string of the molecule is Nc1nc(Cl)nc2c(O)cccc12. The van der Waals surface area contributed by atoms with E-state index in [2.05, 4.69) is 9.97 Å². The molecule has 0 atom stereocenters. The lowest BCUT2D eigenvalue weighted by atomic mass is 10.2. The van der Waals surface area contributed by atoms with Gasteiger partial charge in [-0.15, -0.1) is 0 Å². The van der Waals surface area contributed by atoms with E-state index in [-0.39, 0.29) is 16.9 Å². The molecule has 2 rings (SSSR count). The molecule has 13 heavy (non-hydrogen) atoms. The lowest BCUT2D eigenvalue weighted by Gasteiger charge is -2.02. The van der Waals surface area contributed by atoms with Crippen molar-refractivity contribution in [2.75, 3.05) is 5.73 Å². The number of anilines is 1. The van der Waals surface area contributed by atoms with E-state index in [1.807, 2.05) is 0 Å². The van der Waals surface area contributed by atoms with Crippen molar-refractivity contribution in [3.05, 3.63) is 23.5 Å². The number of para-hydroxylation sites is 1. The molecule has 0 bridgehead atoms. The number of hydrogen-bond acceptors (Lipinski definition) is 4. The Bertz CT molecular complexity index is 472. The van der Waals surface area contributed by atoms with Crippen LogP contribution >= 0.6 is 11.6 Å². The van der Waals surface area contributed by atoms with Gasteiger partial charge < -0.3 is 10.8 Å². The second kappa shape index (κ2) is 2.74. The molecule has 4 nitrogen and oxygen atoms in total. The normalized spacial score (nSPS) is 10.5. The third-order valence-electron chi connectivity index (χ3n) is 1.71. The molecule has 0 amide bonds. The Kier molecular flexibility index (Phi) is 1.70. The number of nitrogens with two attached hydrogens (primary N) is 1. The van der Waals surface area contributed by atoms with Crippen LogP contribution in [0, 0.1) is 0 Å². The first kappa shape index (κ1) is 8.07. The van der Waals surface area contributed by atoms with E-state index in [0.29, 0.717) is 10.9 Å². The number of phenols is 1. The maximum atomic E-state index is 9.42. The third-order valence-corrected chi connectivity index (χ3v) is 1.88. The Morgan fingerprint density at radius 3 is 2.85 bits per heavy atom. The molecule has 0 fully saturated rings. The molecule has 1 aromatic heterocycles. The minimum Gasteiger partial charge on any atom is -0.506 e. The Balaban J connectivity index is 2.94. The van der Waals surface area contributed by atoms with Crippen molar-refractivity contribution in [1.82, 2.24) is 9.97 Å². The van der Waals surface area contributed by atoms with Crippen LogP contribution < -0.4 is 5.73 Å². The van der Waals surface area contributed by atoms with Gasteiger partial charge in [0.15, 0.2) is 0 Å². The second-order valence-electron chi connectivity index (χ2n) is 2.55. The molecule has 66 valence electrons. The molecule has 1 heterocycles. The molecule has 0 spiro atoms. The zero-order valence-corrected chi connectivity index (χ0v) is 7.28. The second-order valence-corrected chi connectivity index (χ2v) is 2.89. The average molecular weight is 196 g/mol. The fourth-order valence-electron chi connectivity index (χ4n) is 1.13. The molecule has 0 radical (unpaired) electrons. The first-order valence-corrected chi connectivity index (χ1v) is 3.97. The van der Waals surface area contributed by atoms with Crippen molar-refractivity contribution in [1.29, 1.82) is 0 Å². The summed E-state index contributed by atoms with van der Waals surface area (Å²) in [4.78, 5) is 7.62. The Morgan fingerprint density at radius 1 is 1.31 bits per heavy atom. The van der Waals surface area contributed by atoms with E-state index < -0.39 is 0 Å². The highest BCUT2D eigenvalue weighted by molar-refractivity contribution is 6.28. The molecule has 0 aliphatic heterocycles. The van der Waals surface area contributed by atoms with Crippen molar-refractivity contribution in [2.24, 2.45) is 0 Å². The molecule has 5 heteroatoms. The number of phenolic OH excluding ortho intramolecular Hbond substituents is 1. The van der Waals surface area contributed by atoms with Gasteiger partial charge in [-0.1, -0.05) is 6.07 Å². The van der Waals surface area contributed by atoms with E-state index in [0.717, 1.165) is 0 Å². The Morgan fingerprint density at radius 2 is 2.08 bits per heavy atom. The number of aromatic hydroxyl groups is 1. The van der Waals surface area contributed by atoms with Crippen molar-refractivity contribution < 1.29 is 5.11 Å².